The van der Waals surface area contributed by atoms with E-state index in [2.05, 4.69) is 57.3 Å². The summed E-state index contributed by atoms with van der Waals surface area (Å²) in [6.45, 7) is 9.71. The zero-order valence-corrected chi connectivity index (χ0v) is 12.2. The number of aliphatic hydroxyl groups excluding tert-OH is 1. The predicted octanol–water partition coefficient (Wildman–Crippen LogP) is 3.44. The van der Waals surface area contributed by atoms with Gasteiger partial charge in [0.1, 0.15) is 0 Å². The summed E-state index contributed by atoms with van der Waals surface area (Å²) in [6.07, 6.45) is 2.02. The fraction of sp³-hybridized carbons (Fsp3) is 0.625. The lowest BCUT2D eigenvalue weighted by atomic mass is 9.83. The molecule has 0 fully saturated rings. The summed E-state index contributed by atoms with van der Waals surface area (Å²) in [4.78, 5) is 0. The second kappa shape index (κ2) is 6.91. The Morgan fingerprint density at radius 1 is 1.17 bits per heavy atom. The standard InChI is InChI=1S/C16H27NO/c1-5-16(6-2,12-18)11-17-14(4)15-9-7-13(3)8-10-15/h7-10,14,17-18H,5-6,11-12H2,1-4H3. The Morgan fingerprint density at radius 3 is 2.17 bits per heavy atom. The van der Waals surface area contributed by atoms with Gasteiger partial charge in [0.15, 0.2) is 0 Å². The third-order valence-electron chi connectivity index (χ3n) is 4.20. The molecule has 2 heteroatoms. The Morgan fingerprint density at radius 2 is 1.72 bits per heavy atom. The minimum absolute atomic E-state index is 0.0267. The summed E-state index contributed by atoms with van der Waals surface area (Å²) in [5.74, 6) is 0. The van der Waals surface area contributed by atoms with Crippen molar-refractivity contribution in [2.24, 2.45) is 5.41 Å². The van der Waals surface area contributed by atoms with Crippen molar-refractivity contribution in [2.45, 2.75) is 46.6 Å². The minimum Gasteiger partial charge on any atom is -0.396 e. The fourth-order valence-electron chi connectivity index (χ4n) is 2.12. The van der Waals surface area contributed by atoms with Gasteiger partial charge in [0.25, 0.3) is 0 Å². The van der Waals surface area contributed by atoms with E-state index >= 15 is 0 Å². The molecule has 102 valence electrons. The van der Waals surface area contributed by atoms with Crippen LogP contribution in [0.25, 0.3) is 0 Å². The molecule has 0 bridgehead atoms. The van der Waals surface area contributed by atoms with E-state index in [1.807, 2.05) is 0 Å². The van der Waals surface area contributed by atoms with Crippen LogP contribution in [0.5, 0.6) is 0 Å². The molecule has 0 aliphatic rings. The van der Waals surface area contributed by atoms with E-state index in [0.717, 1.165) is 19.4 Å². The number of hydrogen-bond acceptors (Lipinski definition) is 2. The molecule has 0 amide bonds. The Hall–Kier alpha value is -0.860. The number of nitrogens with one attached hydrogen (secondary N) is 1. The first-order chi connectivity index (χ1) is 8.56. The molecule has 2 N–H and O–H groups in total. The molecular weight excluding hydrogens is 222 g/mol. The summed E-state index contributed by atoms with van der Waals surface area (Å²) in [7, 11) is 0. The average Bonchev–Trinajstić information content (AvgIpc) is 2.41. The van der Waals surface area contributed by atoms with Gasteiger partial charge in [-0.25, -0.2) is 0 Å². The van der Waals surface area contributed by atoms with Crippen molar-refractivity contribution in [3.8, 4) is 0 Å². The van der Waals surface area contributed by atoms with E-state index in [1.165, 1.54) is 11.1 Å². The molecule has 1 aromatic carbocycles. The van der Waals surface area contributed by atoms with Gasteiger partial charge in [-0.2, -0.15) is 0 Å². The molecule has 1 unspecified atom stereocenters. The van der Waals surface area contributed by atoms with E-state index in [4.69, 9.17) is 0 Å². The van der Waals surface area contributed by atoms with Gasteiger partial charge in [-0.1, -0.05) is 43.7 Å². The first kappa shape index (κ1) is 15.2. The van der Waals surface area contributed by atoms with Crippen LogP contribution in [0.3, 0.4) is 0 Å². The van der Waals surface area contributed by atoms with Gasteiger partial charge in [0.05, 0.1) is 0 Å². The van der Waals surface area contributed by atoms with E-state index in [9.17, 15) is 5.11 Å². The van der Waals surface area contributed by atoms with Gasteiger partial charge in [-0.05, 0) is 32.3 Å². The summed E-state index contributed by atoms with van der Waals surface area (Å²) in [5, 5.41) is 13.1. The topological polar surface area (TPSA) is 32.3 Å². The number of aryl methyl sites for hydroxylation is 1. The highest BCUT2D eigenvalue weighted by molar-refractivity contribution is 5.23. The van der Waals surface area contributed by atoms with Crippen LogP contribution >= 0.6 is 0 Å². The van der Waals surface area contributed by atoms with Crippen molar-refractivity contribution in [3.63, 3.8) is 0 Å². The van der Waals surface area contributed by atoms with Crippen molar-refractivity contribution >= 4 is 0 Å². The van der Waals surface area contributed by atoms with Crippen LogP contribution in [-0.2, 0) is 0 Å². The largest absolute Gasteiger partial charge is 0.396 e. The summed E-state index contributed by atoms with van der Waals surface area (Å²) < 4.78 is 0. The van der Waals surface area contributed by atoms with E-state index in [-0.39, 0.29) is 12.0 Å². The maximum absolute atomic E-state index is 9.56. The SMILES string of the molecule is CCC(CC)(CO)CNC(C)c1ccc(C)cc1. The van der Waals surface area contributed by atoms with Gasteiger partial charge in [0.2, 0.25) is 0 Å². The molecule has 0 heterocycles. The van der Waals surface area contributed by atoms with Gasteiger partial charge >= 0.3 is 0 Å². The summed E-state index contributed by atoms with van der Waals surface area (Å²) >= 11 is 0. The summed E-state index contributed by atoms with van der Waals surface area (Å²) in [5.41, 5.74) is 2.62. The Balaban J connectivity index is 2.59. The van der Waals surface area contributed by atoms with Crippen LogP contribution in [0.15, 0.2) is 24.3 Å². The van der Waals surface area contributed by atoms with Crippen molar-refractivity contribution in [2.75, 3.05) is 13.2 Å². The Bertz CT molecular complexity index is 332. The third-order valence-corrected chi connectivity index (χ3v) is 4.20. The molecule has 2 nitrogen and oxygen atoms in total. The highest BCUT2D eigenvalue weighted by atomic mass is 16.3. The molecule has 0 radical (unpaired) electrons. The number of aliphatic hydroxyl groups is 1. The molecule has 18 heavy (non-hydrogen) atoms. The molecule has 1 atom stereocenters. The van der Waals surface area contributed by atoms with Crippen molar-refractivity contribution in [1.29, 1.82) is 0 Å². The normalized spacial score (nSPS) is 13.6. The molecule has 0 aliphatic carbocycles. The molecule has 0 aromatic heterocycles. The zero-order valence-electron chi connectivity index (χ0n) is 12.2. The number of benzene rings is 1. The number of hydrogen-bond donors (Lipinski definition) is 2. The van der Waals surface area contributed by atoms with Gasteiger partial charge in [-0.15, -0.1) is 0 Å². The molecular formula is C16H27NO. The fourth-order valence-corrected chi connectivity index (χ4v) is 2.12. The van der Waals surface area contributed by atoms with Crippen LogP contribution in [0, 0.1) is 12.3 Å². The molecule has 0 saturated carbocycles. The van der Waals surface area contributed by atoms with Gasteiger partial charge in [-0.3, -0.25) is 0 Å². The first-order valence-electron chi connectivity index (χ1n) is 6.97. The second-order valence-corrected chi connectivity index (χ2v) is 5.38. The number of rotatable bonds is 7. The Labute approximate surface area is 111 Å². The predicted molar refractivity (Wildman–Crippen MR) is 77.7 cm³/mol. The van der Waals surface area contributed by atoms with Gasteiger partial charge < -0.3 is 10.4 Å². The highest BCUT2D eigenvalue weighted by Crippen LogP contribution is 2.25. The van der Waals surface area contributed by atoms with Crippen molar-refractivity contribution < 1.29 is 5.11 Å². The third kappa shape index (κ3) is 3.82. The van der Waals surface area contributed by atoms with E-state index in [0.29, 0.717) is 6.04 Å². The van der Waals surface area contributed by atoms with Crippen LogP contribution in [0.2, 0.25) is 0 Å². The molecule has 0 aliphatic heterocycles. The smallest absolute Gasteiger partial charge is 0.0499 e. The van der Waals surface area contributed by atoms with Crippen molar-refractivity contribution in [3.05, 3.63) is 35.4 Å². The lowest BCUT2D eigenvalue weighted by molar-refractivity contribution is 0.110. The first-order valence-corrected chi connectivity index (χ1v) is 6.97. The molecule has 0 spiro atoms. The molecule has 1 rings (SSSR count). The van der Waals surface area contributed by atoms with Crippen molar-refractivity contribution in [1.82, 2.24) is 5.32 Å². The summed E-state index contributed by atoms with van der Waals surface area (Å²) in [6, 6.07) is 8.96. The molecule has 0 saturated heterocycles. The zero-order chi connectivity index (χ0) is 13.6. The van der Waals surface area contributed by atoms with Crippen LogP contribution < -0.4 is 5.32 Å². The molecule has 1 aromatic rings. The minimum atomic E-state index is 0.0267. The van der Waals surface area contributed by atoms with E-state index < -0.39 is 0 Å². The van der Waals surface area contributed by atoms with Gasteiger partial charge in [0, 0.05) is 24.6 Å². The van der Waals surface area contributed by atoms with Crippen LogP contribution in [-0.4, -0.2) is 18.3 Å². The monoisotopic (exact) mass is 249 g/mol. The maximum atomic E-state index is 9.56. The lowest BCUT2D eigenvalue weighted by Gasteiger charge is -2.31. The lowest BCUT2D eigenvalue weighted by Crippen LogP contribution is -2.37. The quantitative estimate of drug-likeness (QED) is 0.776. The van der Waals surface area contributed by atoms with Crippen LogP contribution in [0.1, 0.15) is 50.8 Å². The maximum Gasteiger partial charge on any atom is 0.0499 e. The van der Waals surface area contributed by atoms with Crippen LogP contribution in [0.4, 0.5) is 0 Å². The second-order valence-electron chi connectivity index (χ2n) is 5.38. The average molecular weight is 249 g/mol. The highest BCUT2D eigenvalue weighted by Gasteiger charge is 2.25. The Kier molecular flexibility index (Phi) is 5.83. The van der Waals surface area contributed by atoms with E-state index in [1.54, 1.807) is 0 Å².